The number of fused-ring (bicyclic) bond motifs is 1. The van der Waals surface area contributed by atoms with Gasteiger partial charge in [-0.05, 0) is 48.2 Å². The van der Waals surface area contributed by atoms with Crippen molar-refractivity contribution in [3.63, 3.8) is 0 Å². The predicted molar refractivity (Wildman–Crippen MR) is 95.1 cm³/mol. The lowest BCUT2D eigenvalue weighted by atomic mass is 10.1. The zero-order chi connectivity index (χ0) is 17.6. The van der Waals surface area contributed by atoms with E-state index < -0.39 is 5.97 Å². The molecule has 0 atom stereocenters. The number of ether oxygens (including phenoxy) is 3. The highest BCUT2D eigenvalue weighted by Gasteiger charge is 2.16. The second-order valence-corrected chi connectivity index (χ2v) is 6.09. The molecule has 0 fully saturated rings. The molecule has 2 aromatic carbocycles. The van der Waals surface area contributed by atoms with Crippen molar-refractivity contribution >= 4 is 29.6 Å². The number of rotatable bonds is 6. The van der Waals surface area contributed by atoms with Crippen LogP contribution in [0, 0.1) is 0 Å². The van der Waals surface area contributed by atoms with Crippen LogP contribution in [0.15, 0.2) is 53.4 Å². The first kappa shape index (κ1) is 17.1. The Kier molecular flexibility index (Phi) is 5.40. The molecule has 0 unspecified atom stereocenters. The van der Waals surface area contributed by atoms with Gasteiger partial charge in [0.2, 0.25) is 6.79 Å². The van der Waals surface area contributed by atoms with Gasteiger partial charge in [0.15, 0.2) is 23.9 Å². The van der Waals surface area contributed by atoms with Crippen LogP contribution in [0.2, 0.25) is 0 Å². The Morgan fingerprint density at radius 3 is 2.64 bits per heavy atom. The van der Waals surface area contributed by atoms with E-state index in [0.29, 0.717) is 17.1 Å². The maximum Gasteiger partial charge on any atom is 0.331 e. The van der Waals surface area contributed by atoms with E-state index in [2.05, 4.69) is 0 Å². The van der Waals surface area contributed by atoms with Gasteiger partial charge >= 0.3 is 5.97 Å². The van der Waals surface area contributed by atoms with Crippen LogP contribution < -0.4 is 9.47 Å². The molecular formula is C19H16O5S. The Balaban J connectivity index is 1.52. The Hall–Kier alpha value is -2.73. The Morgan fingerprint density at radius 1 is 1.12 bits per heavy atom. The van der Waals surface area contributed by atoms with Gasteiger partial charge in [0.05, 0.1) is 0 Å². The predicted octanol–water partition coefficient (Wildman–Crippen LogP) is 3.58. The molecule has 1 aliphatic heterocycles. The zero-order valence-corrected chi connectivity index (χ0v) is 14.4. The van der Waals surface area contributed by atoms with Gasteiger partial charge in [-0.2, -0.15) is 0 Å². The summed E-state index contributed by atoms with van der Waals surface area (Å²) in [6.45, 7) is -0.182. The van der Waals surface area contributed by atoms with E-state index in [1.165, 1.54) is 6.08 Å². The summed E-state index contributed by atoms with van der Waals surface area (Å²) in [6.07, 6.45) is 4.96. The van der Waals surface area contributed by atoms with Crippen LogP contribution in [0.5, 0.6) is 11.5 Å². The molecule has 5 nitrogen and oxygen atoms in total. The third kappa shape index (κ3) is 4.42. The minimum atomic E-state index is -0.567. The molecule has 6 heteroatoms. The molecule has 0 saturated heterocycles. The normalized spacial score (nSPS) is 12.4. The number of carbonyl (C=O) groups is 2. The standard InChI is InChI=1S/C19H16O5S/c1-25-15-6-2-13(3-7-15)4-9-19(21)22-11-16(20)14-5-8-17-18(10-14)24-12-23-17/h2-10H,11-12H2,1H3/b9-4+. The Morgan fingerprint density at radius 2 is 1.88 bits per heavy atom. The molecule has 1 heterocycles. The minimum absolute atomic E-state index is 0.144. The molecule has 0 amide bonds. The molecule has 3 rings (SSSR count). The second-order valence-electron chi connectivity index (χ2n) is 5.21. The van der Waals surface area contributed by atoms with Crippen molar-refractivity contribution in [2.45, 2.75) is 4.90 Å². The molecule has 0 bridgehead atoms. The van der Waals surface area contributed by atoms with E-state index in [1.807, 2.05) is 30.5 Å². The Bertz CT molecular complexity index is 811. The van der Waals surface area contributed by atoms with Gasteiger partial charge in [0, 0.05) is 16.5 Å². The van der Waals surface area contributed by atoms with Crippen LogP contribution in [0.25, 0.3) is 6.08 Å². The fourth-order valence-electron chi connectivity index (χ4n) is 2.22. The lowest BCUT2D eigenvalue weighted by Crippen LogP contribution is -2.12. The topological polar surface area (TPSA) is 61.8 Å². The van der Waals surface area contributed by atoms with Crippen LogP contribution in [0.4, 0.5) is 0 Å². The lowest BCUT2D eigenvalue weighted by Gasteiger charge is -2.03. The van der Waals surface area contributed by atoms with E-state index in [9.17, 15) is 9.59 Å². The number of Topliss-reactive ketones (excluding diaryl/α,β-unsaturated/α-hetero) is 1. The third-order valence-corrected chi connectivity index (χ3v) is 4.31. The average Bonchev–Trinajstić information content (AvgIpc) is 3.12. The quantitative estimate of drug-likeness (QED) is 0.341. The maximum absolute atomic E-state index is 12.1. The highest BCUT2D eigenvalue weighted by Crippen LogP contribution is 2.32. The smallest absolute Gasteiger partial charge is 0.331 e. The van der Waals surface area contributed by atoms with Crippen LogP contribution in [-0.4, -0.2) is 31.4 Å². The monoisotopic (exact) mass is 356 g/mol. The van der Waals surface area contributed by atoms with Crippen molar-refractivity contribution in [2.24, 2.45) is 0 Å². The van der Waals surface area contributed by atoms with Crippen LogP contribution in [-0.2, 0) is 9.53 Å². The second kappa shape index (κ2) is 7.90. The van der Waals surface area contributed by atoms with Crippen LogP contribution in [0.1, 0.15) is 15.9 Å². The average molecular weight is 356 g/mol. The Labute approximate surface area is 149 Å². The summed E-state index contributed by atoms with van der Waals surface area (Å²) >= 11 is 1.65. The van der Waals surface area contributed by atoms with Gasteiger partial charge in [-0.3, -0.25) is 4.79 Å². The molecule has 0 aromatic heterocycles. The molecule has 0 aliphatic carbocycles. The largest absolute Gasteiger partial charge is 0.454 e. The minimum Gasteiger partial charge on any atom is -0.454 e. The zero-order valence-electron chi connectivity index (χ0n) is 13.6. The number of esters is 1. The lowest BCUT2D eigenvalue weighted by molar-refractivity contribution is -0.136. The van der Waals surface area contributed by atoms with Gasteiger partial charge in [-0.15, -0.1) is 11.8 Å². The molecule has 128 valence electrons. The van der Waals surface area contributed by atoms with Crippen LogP contribution >= 0.6 is 11.8 Å². The summed E-state index contributed by atoms with van der Waals surface area (Å²) in [6, 6.07) is 12.6. The summed E-state index contributed by atoms with van der Waals surface area (Å²) in [5.74, 6) is 0.252. The van der Waals surface area contributed by atoms with Crippen molar-refractivity contribution in [2.75, 3.05) is 19.7 Å². The fraction of sp³-hybridized carbons (Fsp3) is 0.158. The molecular weight excluding hydrogens is 340 g/mol. The van der Waals surface area contributed by atoms with E-state index in [-0.39, 0.29) is 19.2 Å². The molecule has 0 saturated carbocycles. The van der Waals surface area contributed by atoms with Crippen molar-refractivity contribution in [1.82, 2.24) is 0 Å². The van der Waals surface area contributed by atoms with Gasteiger partial charge in [0.25, 0.3) is 0 Å². The first-order valence-electron chi connectivity index (χ1n) is 7.57. The first-order chi connectivity index (χ1) is 12.2. The molecule has 0 spiro atoms. The summed E-state index contributed by atoms with van der Waals surface area (Å²) in [4.78, 5) is 25.0. The molecule has 2 aromatic rings. The molecule has 25 heavy (non-hydrogen) atoms. The maximum atomic E-state index is 12.1. The SMILES string of the molecule is CSc1ccc(/C=C/C(=O)OCC(=O)c2ccc3c(c2)OCO3)cc1. The van der Waals surface area contributed by atoms with Crippen molar-refractivity contribution < 1.29 is 23.8 Å². The van der Waals surface area contributed by atoms with Gasteiger partial charge in [0.1, 0.15) is 0 Å². The summed E-state index contributed by atoms with van der Waals surface area (Å²) in [5.41, 5.74) is 1.30. The van der Waals surface area contributed by atoms with Crippen molar-refractivity contribution in [3.05, 3.63) is 59.7 Å². The summed E-state index contributed by atoms with van der Waals surface area (Å²) < 4.78 is 15.4. The van der Waals surface area contributed by atoms with E-state index >= 15 is 0 Å². The fourth-order valence-corrected chi connectivity index (χ4v) is 2.63. The van der Waals surface area contributed by atoms with Gasteiger partial charge < -0.3 is 14.2 Å². The van der Waals surface area contributed by atoms with Crippen molar-refractivity contribution in [1.29, 1.82) is 0 Å². The van der Waals surface area contributed by atoms with Gasteiger partial charge in [-0.1, -0.05) is 12.1 Å². The van der Waals surface area contributed by atoms with Crippen molar-refractivity contribution in [3.8, 4) is 11.5 Å². The third-order valence-electron chi connectivity index (χ3n) is 3.57. The molecule has 0 radical (unpaired) electrons. The number of ketones is 1. The van der Waals surface area contributed by atoms with Crippen LogP contribution in [0.3, 0.4) is 0 Å². The van der Waals surface area contributed by atoms with E-state index in [0.717, 1.165) is 10.5 Å². The van der Waals surface area contributed by atoms with E-state index in [1.54, 1.807) is 36.0 Å². The number of thioether (sulfide) groups is 1. The number of carbonyl (C=O) groups excluding carboxylic acids is 2. The highest BCUT2D eigenvalue weighted by molar-refractivity contribution is 7.98. The first-order valence-corrected chi connectivity index (χ1v) is 8.80. The number of hydrogen-bond donors (Lipinski definition) is 0. The summed E-state index contributed by atoms with van der Waals surface area (Å²) in [7, 11) is 0. The molecule has 0 N–H and O–H groups in total. The van der Waals surface area contributed by atoms with Gasteiger partial charge in [-0.25, -0.2) is 4.79 Å². The van der Waals surface area contributed by atoms with E-state index in [4.69, 9.17) is 14.2 Å². The molecule has 1 aliphatic rings. The highest BCUT2D eigenvalue weighted by atomic mass is 32.2. The number of hydrogen-bond acceptors (Lipinski definition) is 6. The number of benzene rings is 2. The summed E-state index contributed by atoms with van der Waals surface area (Å²) in [5, 5.41) is 0.